The molecule has 0 atom stereocenters. The number of hydrogen-bond donors (Lipinski definition) is 4. The number of hydrogen-bond acceptors (Lipinski definition) is 8. The Hall–Kier alpha value is -8.36. The Morgan fingerprint density at radius 3 is 0.562 bits per heavy atom. The van der Waals surface area contributed by atoms with Gasteiger partial charge in [-0.25, -0.2) is 0 Å². The number of rotatable bonds is 8. The molecule has 8 aromatic carbocycles. The van der Waals surface area contributed by atoms with E-state index < -0.39 is 0 Å². The van der Waals surface area contributed by atoms with E-state index in [4.69, 9.17) is 0 Å². The summed E-state index contributed by atoms with van der Waals surface area (Å²) in [5, 5.41) is 48.5. The molecular formula is C56H40O8. The first-order chi connectivity index (χ1) is 31.0. The van der Waals surface area contributed by atoms with Gasteiger partial charge in [0.2, 0.25) is 0 Å². The van der Waals surface area contributed by atoms with E-state index in [9.17, 15) is 39.6 Å². The van der Waals surface area contributed by atoms with Gasteiger partial charge in [0.1, 0.15) is 23.0 Å². The minimum Gasteiger partial charge on any atom is -0.507 e. The third-order valence-corrected chi connectivity index (χ3v) is 11.8. The maximum atomic E-state index is 14.1. The first-order valence-corrected chi connectivity index (χ1v) is 20.8. The van der Waals surface area contributed by atoms with Gasteiger partial charge < -0.3 is 20.4 Å². The van der Waals surface area contributed by atoms with E-state index in [-0.39, 0.29) is 139 Å². The number of aromatic hydroxyl groups is 4. The summed E-state index contributed by atoms with van der Waals surface area (Å²) in [5.74, 6) is -2.14. The molecule has 0 fully saturated rings. The molecule has 4 N–H and O–H groups in total. The molecule has 312 valence electrons. The second-order valence-electron chi connectivity index (χ2n) is 16.1. The Labute approximate surface area is 369 Å². The maximum Gasteiger partial charge on any atom is 0.193 e. The van der Waals surface area contributed by atoms with Crippen molar-refractivity contribution in [2.45, 2.75) is 25.7 Å². The lowest BCUT2D eigenvalue weighted by Crippen LogP contribution is -2.09. The Bertz CT molecular complexity index is 2620. The third-order valence-electron chi connectivity index (χ3n) is 11.8. The van der Waals surface area contributed by atoms with Gasteiger partial charge in [-0.2, -0.15) is 0 Å². The minimum absolute atomic E-state index is 0.142. The largest absolute Gasteiger partial charge is 0.507 e. The first-order valence-electron chi connectivity index (χ1n) is 20.8. The Balaban J connectivity index is 1.30. The summed E-state index contributed by atoms with van der Waals surface area (Å²) >= 11 is 0. The summed E-state index contributed by atoms with van der Waals surface area (Å²) in [6, 6.07) is 47.1. The normalized spacial score (nSPS) is 12.0. The molecule has 64 heavy (non-hydrogen) atoms. The van der Waals surface area contributed by atoms with Crippen LogP contribution in [0.5, 0.6) is 23.0 Å². The van der Waals surface area contributed by atoms with E-state index >= 15 is 0 Å². The molecule has 8 nitrogen and oxygen atoms in total. The highest BCUT2D eigenvalue weighted by molar-refractivity contribution is 6.11. The lowest BCUT2D eigenvalue weighted by Gasteiger charge is -2.20. The molecule has 0 unspecified atom stereocenters. The van der Waals surface area contributed by atoms with Crippen LogP contribution in [0.4, 0.5) is 0 Å². The first kappa shape index (κ1) is 41.0. The summed E-state index contributed by atoms with van der Waals surface area (Å²) in [6.45, 7) is 0. The second kappa shape index (κ2) is 17.2. The number of ketones is 4. The van der Waals surface area contributed by atoms with Gasteiger partial charge >= 0.3 is 0 Å². The van der Waals surface area contributed by atoms with Gasteiger partial charge in [-0.3, -0.25) is 19.2 Å². The summed E-state index contributed by atoms with van der Waals surface area (Å²) in [5.41, 5.74) is 4.59. The van der Waals surface area contributed by atoms with Crippen LogP contribution in [0.2, 0.25) is 0 Å². The zero-order valence-corrected chi connectivity index (χ0v) is 34.4. The van der Waals surface area contributed by atoms with Crippen molar-refractivity contribution in [3.63, 3.8) is 0 Å². The highest BCUT2D eigenvalue weighted by atomic mass is 16.3. The quantitative estimate of drug-likeness (QED) is 0.111. The Morgan fingerprint density at radius 1 is 0.250 bits per heavy atom. The Kier molecular flexibility index (Phi) is 11.0. The highest BCUT2D eigenvalue weighted by Gasteiger charge is 2.26. The van der Waals surface area contributed by atoms with Gasteiger partial charge in [-0.05, 0) is 93.0 Å². The summed E-state index contributed by atoms with van der Waals surface area (Å²) in [4.78, 5) is 56.5. The van der Waals surface area contributed by atoms with Crippen LogP contribution in [0.25, 0.3) is 0 Å². The fourth-order valence-corrected chi connectivity index (χ4v) is 8.49. The molecule has 0 aromatic heterocycles. The van der Waals surface area contributed by atoms with Crippen LogP contribution >= 0.6 is 0 Å². The lowest BCUT2D eigenvalue weighted by molar-refractivity contribution is 0.103. The van der Waals surface area contributed by atoms with E-state index in [0.29, 0.717) is 22.3 Å². The van der Waals surface area contributed by atoms with Gasteiger partial charge in [-0.15, -0.1) is 0 Å². The molecule has 1 aliphatic carbocycles. The van der Waals surface area contributed by atoms with E-state index in [1.165, 1.54) is 0 Å². The van der Waals surface area contributed by atoms with Crippen LogP contribution in [0.1, 0.15) is 108 Å². The average Bonchev–Trinajstić information content (AvgIpc) is 3.33. The molecule has 8 bridgehead atoms. The van der Waals surface area contributed by atoms with Gasteiger partial charge in [0.25, 0.3) is 0 Å². The lowest BCUT2D eigenvalue weighted by atomic mass is 9.86. The maximum absolute atomic E-state index is 14.1. The van der Waals surface area contributed by atoms with E-state index in [0.717, 1.165) is 0 Å². The van der Waals surface area contributed by atoms with Crippen LogP contribution in [0.15, 0.2) is 170 Å². The minimum atomic E-state index is -0.330. The summed E-state index contributed by atoms with van der Waals surface area (Å²) in [6.07, 6.45) is -0.567. The average molecular weight is 841 g/mol. The van der Waals surface area contributed by atoms with Crippen molar-refractivity contribution < 1.29 is 39.6 Å². The molecule has 0 saturated heterocycles. The van der Waals surface area contributed by atoms with E-state index in [1.807, 2.05) is 0 Å². The molecule has 0 heterocycles. The molecule has 0 amide bonds. The number of carbonyl (C=O) groups is 4. The van der Waals surface area contributed by atoms with Crippen molar-refractivity contribution in [2.24, 2.45) is 0 Å². The number of carbonyl (C=O) groups excluding carboxylic acids is 4. The van der Waals surface area contributed by atoms with Crippen molar-refractivity contribution in [3.8, 4) is 23.0 Å². The highest BCUT2D eigenvalue weighted by Crippen LogP contribution is 2.40. The van der Waals surface area contributed by atoms with Crippen molar-refractivity contribution >= 4 is 23.1 Å². The third kappa shape index (κ3) is 8.08. The van der Waals surface area contributed by atoms with Crippen LogP contribution < -0.4 is 0 Å². The van der Waals surface area contributed by atoms with Gasteiger partial charge in [0.15, 0.2) is 23.1 Å². The summed E-state index contributed by atoms with van der Waals surface area (Å²) < 4.78 is 0. The number of phenolic OH excluding ortho intramolecular Hbond substituents is 4. The standard InChI is InChI=1S/C56H40O8/c57-49(33-13-5-1-6-14-33)37-21-41-29-43-23-38(50(58)34-15-7-2-8-16-34)25-45(54(43)62)31-47-27-40(52(60)36-19-11-4-12-20-36)28-48(56(47)64)32-46-26-39(51(59)35-17-9-3-10-18-35)24-44(55(46)63)30-42(22-37)53(41)61/h1-28,61-64H,29-32H2. The van der Waals surface area contributed by atoms with Crippen LogP contribution in [0.3, 0.4) is 0 Å². The predicted molar refractivity (Wildman–Crippen MR) is 243 cm³/mol. The van der Waals surface area contributed by atoms with Crippen LogP contribution in [-0.2, 0) is 25.7 Å². The molecule has 0 spiro atoms. The fraction of sp³-hybridized carbons (Fsp3) is 0.0714. The molecule has 1 aliphatic rings. The van der Waals surface area contributed by atoms with Crippen molar-refractivity contribution in [1.29, 1.82) is 0 Å². The zero-order chi connectivity index (χ0) is 44.5. The number of benzene rings is 8. The smallest absolute Gasteiger partial charge is 0.193 e. The SMILES string of the molecule is O=C(c1ccccc1)c1cc2c(O)c(c1)Cc1cc(C(=O)c3ccccc3)cc(c1O)Cc1cc(C(=O)c3ccccc3)cc(c1O)Cc1cc(C(=O)c3ccccc3)cc(c1O)C2. The van der Waals surface area contributed by atoms with Gasteiger partial charge in [0.05, 0.1) is 0 Å². The zero-order valence-electron chi connectivity index (χ0n) is 34.4. The second-order valence-corrected chi connectivity index (χ2v) is 16.1. The van der Waals surface area contributed by atoms with Crippen molar-refractivity contribution in [1.82, 2.24) is 0 Å². The Morgan fingerprint density at radius 2 is 0.406 bits per heavy atom. The van der Waals surface area contributed by atoms with Crippen LogP contribution in [0, 0.1) is 0 Å². The predicted octanol–water partition coefficient (Wildman–Crippen LogP) is 10.1. The summed E-state index contributed by atoms with van der Waals surface area (Å²) in [7, 11) is 0. The topological polar surface area (TPSA) is 149 Å². The molecule has 8 aromatic rings. The molecule has 9 rings (SSSR count). The molecular weight excluding hydrogens is 801 g/mol. The fourth-order valence-electron chi connectivity index (χ4n) is 8.49. The van der Waals surface area contributed by atoms with E-state index in [2.05, 4.69) is 0 Å². The molecule has 8 heteroatoms. The van der Waals surface area contributed by atoms with E-state index in [1.54, 1.807) is 170 Å². The van der Waals surface area contributed by atoms with Gasteiger partial charge in [0, 0.05) is 70.2 Å². The number of phenols is 4. The number of fused-ring (bicyclic) bond motifs is 8. The monoisotopic (exact) mass is 840 g/mol. The van der Waals surface area contributed by atoms with Crippen molar-refractivity contribution in [3.05, 3.63) is 259 Å². The van der Waals surface area contributed by atoms with Gasteiger partial charge in [-0.1, -0.05) is 121 Å². The van der Waals surface area contributed by atoms with Crippen LogP contribution in [-0.4, -0.2) is 43.6 Å². The molecule has 0 saturated carbocycles. The van der Waals surface area contributed by atoms with Crippen molar-refractivity contribution in [2.75, 3.05) is 0 Å². The molecule has 0 radical (unpaired) electrons. The molecule has 0 aliphatic heterocycles.